The zero-order valence-corrected chi connectivity index (χ0v) is 17.2. The van der Waals surface area contributed by atoms with Crippen molar-refractivity contribution in [2.45, 2.75) is 13.1 Å². The van der Waals surface area contributed by atoms with Crippen LogP contribution >= 0.6 is 23.2 Å². The summed E-state index contributed by atoms with van der Waals surface area (Å²) in [7, 11) is 0. The van der Waals surface area contributed by atoms with E-state index in [-0.39, 0.29) is 22.2 Å². The highest BCUT2D eigenvalue weighted by Gasteiger charge is 2.31. The molecule has 0 spiro atoms. The summed E-state index contributed by atoms with van der Waals surface area (Å²) >= 11 is 12.0. The van der Waals surface area contributed by atoms with Gasteiger partial charge in [0.1, 0.15) is 10.7 Å². The fourth-order valence-electron chi connectivity index (χ4n) is 2.53. The van der Waals surface area contributed by atoms with E-state index in [4.69, 9.17) is 27.9 Å². The number of hydrogen-bond acceptors (Lipinski definition) is 5. The number of pyridine rings is 1. The number of carbonyl (C=O) groups is 2. The number of ether oxygens (including phenoxy) is 1. The molecule has 0 aliphatic heterocycles. The molecule has 0 unspecified atom stereocenters. The van der Waals surface area contributed by atoms with Gasteiger partial charge in [0, 0.05) is 6.20 Å². The van der Waals surface area contributed by atoms with Gasteiger partial charge in [-0.2, -0.15) is 18.3 Å². The van der Waals surface area contributed by atoms with Crippen molar-refractivity contribution >= 4 is 40.9 Å². The number of carbonyl (C=O) groups excluding carboxylic acids is 2. The van der Waals surface area contributed by atoms with Crippen LogP contribution in [0.5, 0.6) is 0 Å². The summed E-state index contributed by atoms with van der Waals surface area (Å²) in [5.74, 6) is -2.06. The number of aromatic nitrogens is 3. The molecule has 0 bridgehead atoms. The van der Waals surface area contributed by atoms with E-state index in [1.165, 1.54) is 4.68 Å². The lowest BCUT2D eigenvalue weighted by atomic mass is 10.2. The van der Waals surface area contributed by atoms with Crippen molar-refractivity contribution < 1.29 is 27.5 Å². The molecular weight excluding hydrogens is 460 g/mol. The number of esters is 1. The van der Waals surface area contributed by atoms with Crippen LogP contribution in [-0.2, 0) is 15.7 Å². The van der Waals surface area contributed by atoms with Crippen LogP contribution < -0.4 is 5.32 Å². The van der Waals surface area contributed by atoms with Gasteiger partial charge in [-0.1, -0.05) is 41.4 Å². The second kappa shape index (κ2) is 8.94. The van der Waals surface area contributed by atoms with Gasteiger partial charge in [-0.25, -0.2) is 14.5 Å². The number of para-hydroxylation sites is 1. The second-order valence-corrected chi connectivity index (χ2v) is 6.94. The molecule has 2 heterocycles. The molecule has 0 aliphatic carbocycles. The maximum Gasteiger partial charge on any atom is 0.417 e. The van der Waals surface area contributed by atoms with Gasteiger partial charge in [-0.3, -0.25) is 4.79 Å². The lowest BCUT2D eigenvalue weighted by molar-refractivity contribution is -0.137. The van der Waals surface area contributed by atoms with Gasteiger partial charge in [0.15, 0.2) is 12.4 Å². The third-order valence-corrected chi connectivity index (χ3v) is 4.61. The van der Waals surface area contributed by atoms with Crippen LogP contribution in [0, 0.1) is 6.92 Å². The molecule has 3 rings (SSSR count). The first kappa shape index (κ1) is 22.6. The van der Waals surface area contributed by atoms with Gasteiger partial charge >= 0.3 is 12.1 Å². The third-order valence-electron chi connectivity index (χ3n) is 3.97. The molecule has 0 aliphatic rings. The molecule has 7 nitrogen and oxygen atoms in total. The fraction of sp³-hybridized carbons (Fsp3) is 0.158. The van der Waals surface area contributed by atoms with Gasteiger partial charge in [-0.15, -0.1) is 0 Å². The largest absolute Gasteiger partial charge is 0.452 e. The number of hydrogen-bond donors (Lipinski definition) is 1. The highest BCUT2D eigenvalue weighted by Crippen LogP contribution is 2.32. The minimum absolute atomic E-state index is 0.00144. The predicted octanol–water partition coefficient (Wildman–Crippen LogP) is 4.70. The van der Waals surface area contributed by atoms with E-state index in [9.17, 15) is 22.8 Å². The standard InChI is InChI=1S/C19H13Cl2F3N4O3/c1-10-15(16(21)28(27-10)12-5-3-2-4-6-12)18(30)31-9-14(29)26-17-13(20)7-11(8-25-17)19(22,23)24/h2-8H,9H2,1H3,(H,25,26,29). The van der Waals surface area contributed by atoms with Crippen LogP contribution in [0.25, 0.3) is 5.69 Å². The molecule has 12 heteroatoms. The van der Waals surface area contributed by atoms with E-state index < -0.39 is 35.2 Å². The van der Waals surface area contributed by atoms with E-state index in [0.29, 0.717) is 18.0 Å². The average molecular weight is 473 g/mol. The number of rotatable bonds is 5. The summed E-state index contributed by atoms with van der Waals surface area (Å²) in [5, 5.41) is 5.96. The first-order chi connectivity index (χ1) is 14.6. The Morgan fingerprint density at radius 3 is 2.48 bits per heavy atom. The number of benzene rings is 1. The Labute approximate surface area is 183 Å². The zero-order chi connectivity index (χ0) is 22.8. The Kier molecular flexibility index (Phi) is 6.51. The van der Waals surface area contributed by atoms with Crippen molar-refractivity contribution in [1.82, 2.24) is 14.8 Å². The first-order valence-corrected chi connectivity index (χ1v) is 9.33. The molecular formula is C19H13Cl2F3N4O3. The molecule has 0 atom stereocenters. The van der Waals surface area contributed by atoms with E-state index in [2.05, 4.69) is 15.4 Å². The number of nitrogens with one attached hydrogen (secondary N) is 1. The van der Waals surface area contributed by atoms with Crippen molar-refractivity contribution in [2.24, 2.45) is 0 Å². The summed E-state index contributed by atoms with van der Waals surface area (Å²) in [6.07, 6.45) is -4.11. The normalized spacial score (nSPS) is 11.3. The summed E-state index contributed by atoms with van der Waals surface area (Å²) in [6.45, 7) is 0.804. The van der Waals surface area contributed by atoms with E-state index in [1.807, 2.05) is 0 Å². The Morgan fingerprint density at radius 2 is 1.87 bits per heavy atom. The SMILES string of the molecule is Cc1nn(-c2ccccc2)c(Cl)c1C(=O)OCC(=O)Nc1ncc(C(F)(F)F)cc1Cl. The quantitative estimate of drug-likeness (QED) is 0.544. The van der Waals surface area contributed by atoms with Crippen molar-refractivity contribution in [3.63, 3.8) is 0 Å². The summed E-state index contributed by atoms with van der Waals surface area (Å²) in [4.78, 5) is 27.9. The number of halogens is 5. The van der Waals surface area contributed by atoms with Gasteiger partial charge in [-0.05, 0) is 25.1 Å². The molecule has 0 saturated carbocycles. The lowest BCUT2D eigenvalue weighted by Crippen LogP contribution is -2.22. The Hall–Kier alpha value is -3.11. The van der Waals surface area contributed by atoms with Crippen LogP contribution in [0.3, 0.4) is 0 Å². The Balaban J connectivity index is 1.66. The van der Waals surface area contributed by atoms with Gasteiger partial charge in [0.25, 0.3) is 5.91 Å². The van der Waals surface area contributed by atoms with Gasteiger partial charge in [0.05, 0.1) is 22.0 Å². The number of nitrogens with zero attached hydrogens (tertiary/aromatic N) is 3. The highest BCUT2D eigenvalue weighted by atomic mass is 35.5. The van der Waals surface area contributed by atoms with Crippen molar-refractivity contribution in [1.29, 1.82) is 0 Å². The van der Waals surface area contributed by atoms with E-state index in [0.717, 1.165) is 0 Å². The molecule has 1 N–H and O–H groups in total. The van der Waals surface area contributed by atoms with Crippen LogP contribution in [0.1, 0.15) is 21.6 Å². The number of anilines is 1. The maximum atomic E-state index is 12.6. The summed E-state index contributed by atoms with van der Waals surface area (Å²) < 4.78 is 44.2. The third kappa shape index (κ3) is 5.15. The van der Waals surface area contributed by atoms with Crippen molar-refractivity contribution in [3.8, 4) is 5.69 Å². The molecule has 0 saturated heterocycles. The molecule has 1 aromatic carbocycles. The molecule has 162 valence electrons. The van der Waals surface area contributed by atoms with Gasteiger partial charge < -0.3 is 10.1 Å². The smallest absolute Gasteiger partial charge is 0.417 e. The summed E-state index contributed by atoms with van der Waals surface area (Å²) in [5.41, 5.74) is -0.186. The molecule has 2 aromatic heterocycles. The number of amides is 1. The number of aryl methyl sites for hydroxylation is 1. The first-order valence-electron chi connectivity index (χ1n) is 8.58. The van der Waals surface area contributed by atoms with Crippen LogP contribution in [0.2, 0.25) is 10.2 Å². The van der Waals surface area contributed by atoms with Crippen LogP contribution in [-0.4, -0.2) is 33.2 Å². The Morgan fingerprint density at radius 1 is 1.19 bits per heavy atom. The van der Waals surface area contributed by atoms with Crippen LogP contribution in [0.15, 0.2) is 42.6 Å². The van der Waals surface area contributed by atoms with Gasteiger partial charge in [0.2, 0.25) is 0 Å². The van der Waals surface area contributed by atoms with E-state index >= 15 is 0 Å². The fourth-order valence-corrected chi connectivity index (χ4v) is 3.09. The minimum Gasteiger partial charge on any atom is -0.452 e. The predicted molar refractivity (Wildman–Crippen MR) is 106 cm³/mol. The second-order valence-electron chi connectivity index (χ2n) is 6.18. The Bertz CT molecular complexity index is 1130. The lowest BCUT2D eigenvalue weighted by Gasteiger charge is -2.10. The van der Waals surface area contributed by atoms with Crippen molar-refractivity contribution in [2.75, 3.05) is 11.9 Å². The zero-order valence-electron chi connectivity index (χ0n) is 15.7. The summed E-state index contributed by atoms with van der Waals surface area (Å²) in [6, 6.07) is 9.44. The van der Waals surface area contributed by atoms with Crippen molar-refractivity contribution in [3.05, 3.63) is 69.6 Å². The minimum atomic E-state index is -4.63. The van der Waals surface area contributed by atoms with E-state index in [1.54, 1.807) is 37.3 Å². The molecule has 31 heavy (non-hydrogen) atoms. The topological polar surface area (TPSA) is 86.1 Å². The molecule has 0 radical (unpaired) electrons. The monoisotopic (exact) mass is 472 g/mol. The van der Waals surface area contributed by atoms with Crippen LogP contribution in [0.4, 0.5) is 19.0 Å². The highest BCUT2D eigenvalue weighted by molar-refractivity contribution is 6.33. The molecule has 3 aromatic rings. The molecule has 1 amide bonds. The maximum absolute atomic E-state index is 12.6. The molecule has 0 fully saturated rings. The number of alkyl halides is 3. The average Bonchev–Trinajstić information content (AvgIpc) is 3.01.